The van der Waals surface area contributed by atoms with Gasteiger partial charge in [0, 0.05) is 31.9 Å². The Balaban J connectivity index is 1.84. The zero-order valence-corrected chi connectivity index (χ0v) is 13.1. The maximum absolute atomic E-state index is 13.5. The first-order valence-corrected chi connectivity index (χ1v) is 7.92. The summed E-state index contributed by atoms with van der Waals surface area (Å²) < 4.78 is 14.1. The Morgan fingerprint density at radius 2 is 1.89 bits per heavy atom. The highest BCUT2D eigenvalue weighted by Crippen LogP contribution is 2.23. The molecule has 0 radical (unpaired) electrons. The maximum atomic E-state index is 13.5. The zero-order chi connectivity index (χ0) is 13.7. The summed E-state index contributed by atoms with van der Waals surface area (Å²) in [6.45, 7) is 7.60. The topological polar surface area (TPSA) is 6.48 Å². The molecule has 0 aliphatic carbocycles. The Labute approximate surface area is 123 Å². The predicted octanol–water partition coefficient (Wildman–Crippen LogP) is 3.90. The van der Waals surface area contributed by atoms with Gasteiger partial charge in [-0.15, -0.1) is 0 Å². The number of unbranched alkanes of at least 4 members (excludes halogenated alkanes) is 2. The molecule has 0 bridgehead atoms. The molecule has 1 aliphatic heterocycles. The van der Waals surface area contributed by atoms with Crippen molar-refractivity contribution < 1.29 is 4.39 Å². The second-order valence-corrected chi connectivity index (χ2v) is 5.99. The molecule has 1 aromatic carbocycles. The molecule has 0 spiro atoms. The average Bonchev–Trinajstić information content (AvgIpc) is 2.43. The van der Waals surface area contributed by atoms with Crippen molar-refractivity contribution in [1.29, 1.82) is 0 Å². The third-order valence-electron chi connectivity index (χ3n) is 3.72. The highest BCUT2D eigenvalue weighted by Gasteiger charge is 2.17. The van der Waals surface area contributed by atoms with Gasteiger partial charge in [-0.3, -0.25) is 4.90 Å². The molecular formula is C15H22BrFN2. The van der Waals surface area contributed by atoms with E-state index in [9.17, 15) is 4.39 Å². The summed E-state index contributed by atoms with van der Waals surface area (Å²) >= 11 is 3.20. The number of benzene rings is 1. The van der Waals surface area contributed by atoms with Crippen molar-refractivity contribution in [3.8, 4) is 0 Å². The van der Waals surface area contributed by atoms with E-state index in [0.717, 1.165) is 31.9 Å². The van der Waals surface area contributed by atoms with Crippen LogP contribution in [0.1, 0.15) is 26.2 Å². The van der Waals surface area contributed by atoms with E-state index in [4.69, 9.17) is 0 Å². The van der Waals surface area contributed by atoms with Gasteiger partial charge < -0.3 is 4.90 Å². The fourth-order valence-corrected chi connectivity index (χ4v) is 2.74. The van der Waals surface area contributed by atoms with Gasteiger partial charge in [0.05, 0.1) is 4.47 Å². The predicted molar refractivity (Wildman–Crippen MR) is 82.3 cm³/mol. The van der Waals surface area contributed by atoms with Crippen molar-refractivity contribution in [2.75, 3.05) is 37.6 Å². The quantitative estimate of drug-likeness (QED) is 0.756. The van der Waals surface area contributed by atoms with Crippen LogP contribution >= 0.6 is 15.9 Å². The first-order chi connectivity index (χ1) is 9.20. The largest absolute Gasteiger partial charge is 0.369 e. The van der Waals surface area contributed by atoms with E-state index in [2.05, 4.69) is 32.7 Å². The van der Waals surface area contributed by atoms with Crippen molar-refractivity contribution in [3.05, 3.63) is 28.5 Å². The first-order valence-electron chi connectivity index (χ1n) is 7.13. The number of nitrogens with zero attached hydrogens (tertiary/aromatic N) is 2. The van der Waals surface area contributed by atoms with Crippen LogP contribution in [0.25, 0.3) is 0 Å². The lowest BCUT2D eigenvalue weighted by Crippen LogP contribution is -2.46. The van der Waals surface area contributed by atoms with E-state index < -0.39 is 0 Å². The zero-order valence-electron chi connectivity index (χ0n) is 11.5. The average molecular weight is 329 g/mol. The van der Waals surface area contributed by atoms with Gasteiger partial charge in [-0.05, 0) is 47.1 Å². The Bertz CT molecular complexity index is 403. The van der Waals surface area contributed by atoms with Gasteiger partial charge in [0.2, 0.25) is 0 Å². The van der Waals surface area contributed by atoms with E-state index in [-0.39, 0.29) is 5.82 Å². The summed E-state index contributed by atoms with van der Waals surface area (Å²) in [7, 11) is 0. The minimum absolute atomic E-state index is 0.178. The number of halogens is 2. The van der Waals surface area contributed by atoms with E-state index >= 15 is 0 Å². The molecule has 0 unspecified atom stereocenters. The molecule has 1 aromatic rings. The fraction of sp³-hybridized carbons (Fsp3) is 0.600. The van der Waals surface area contributed by atoms with Gasteiger partial charge in [0.25, 0.3) is 0 Å². The molecule has 0 atom stereocenters. The van der Waals surface area contributed by atoms with Crippen molar-refractivity contribution >= 4 is 21.6 Å². The third kappa shape index (κ3) is 4.18. The molecular weight excluding hydrogens is 307 g/mol. The van der Waals surface area contributed by atoms with E-state index in [1.807, 2.05) is 6.07 Å². The van der Waals surface area contributed by atoms with Crippen LogP contribution in [0.3, 0.4) is 0 Å². The van der Waals surface area contributed by atoms with Gasteiger partial charge in [-0.25, -0.2) is 4.39 Å². The normalized spacial score (nSPS) is 16.9. The van der Waals surface area contributed by atoms with E-state index in [0.29, 0.717) is 4.47 Å². The summed E-state index contributed by atoms with van der Waals surface area (Å²) in [5.41, 5.74) is 0.994. The lowest BCUT2D eigenvalue weighted by Gasteiger charge is -2.36. The molecule has 0 saturated carbocycles. The minimum atomic E-state index is -0.178. The summed E-state index contributed by atoms with van der Waals surface area (Å²) in [5, 5.41) is 0. The van der Waals surface area contributed by atoms with Gasteiger partial charge in [0.15, 0.2) is 0 Å². The summed E-state index contributed by atoms with van der Waals surface area (Å²) in [6, 6.07) is 5.40. The maximum Gasteiger partial charge on any atom is 0.139 e. The highest BCUT2D eigenvalue weighted by molar-refractivity contribution is 9.10. The lowest BCUT2D eigenvalue weighted by molar-refractivity contribution is 0.252. The number of hydrogen-bond acceptors (Lipinski definition) is 2. The molecule has 0 amide bonds. The number of hydrogen-bond donors (Lipinski definition) is 0. The number of rotatable bonds is 5. The second kappa shape index (κ2) is 7.25. The van der Waals surface area contributed by atoms with Crippen LogP contribution < -0.4 is 4.90 Å². The van der Waals surface area contributed by atoms with Crippen LogP contribution in [0.15, 0.2) is 22.7 Å². The molecule has 0 aromatic heterocycles. The summed E-state index contributed by atoms with van der Waals surface area (Å²) in [5.74, 6) is -0.178. The highest BCUT2D eigenvalue weighted by atomic mass is 79.9. The SMILES string of the molecule is CCCCCN1CCN(c2ccc(Br)c(F)c2)CC1. The molecule has 1 heterocycles. The van der Waals surface area contributed by atoms with Crippen LogP contribution in [-0.4, -0.2) is 37.6 Å². The van der Waals surface area contributed by atoms with Gasteiger partial charge in [0.1, 0.15) is 5.82 Å². The molecule has 2 nitrogen and oxygen atoms in total. The standard InChI is InChI=1S/C15H22BrFN2/c1-2-3-4-7-18-8-10-19(11-9-18)13-5-6-14(16)15(17)12-13/h5-6,12H,2-4,7-11H2,1H3. The molecule has 1 aliphatic rings. The molecule has 4 heteroatoms. The molecule has 1 fully saturated rings. The second-order valence-electron chi connectivity index (χ2n) is 5.13. The molecule has 1 saturated heterocycles. The van der Waals surface area contributed by atoms with Gasteiger partial charge >= 0.3 is 0 Å². The van der Waals surface area contributed by atoms with Crippen molar-refractivity contribution in [2.45, 2.75) is 26.2 Å². The molecule has 19 heavy (non-hydrogen) atoms. The smallest absolute Gasteiger partial charge is 0.139 e. The van der Waals surface area contributed by atoms with Crippen molar-refractivity contribution in [3.63, 3.8) is 0 Å². The van der Waals surface area contributed by atoms with Crippen molar-refractivity contribution in [2.24, 2.45) is 0 Å². The summed E-state index contributed by atoms with van der Waals surface area (Å²) in [6.07, 6.45) is 3.89. The Morgan fingerprint density at radius 3 is 2.53 bits per heavy atom. The van der Waals surface area contributed by atoms with Crippen molar-refractivity contribution in [1.82, 2.24) is 4.90 Å². The fourth-order valence-electron chi connectivity index (χ4n) is 2.50. The van der Waals surface area contributed by atoms with Crippen LogP contribution in [0.4, 0.5) is 10.1 Å². The van der Waals surface area contributed by atoms with Crippen LogP contribution in [0.2, 0.25) is 0 Å². The van der Waals surface area contributed by atoms with Crippen LogP contribution in [0, 0.1) is 5.82 Å². The van der Waals surface area contributed by atoms with Crippen LogP contribution in [-0.2, 0) is 0 Å². The molecule has 2 rings (SSSR count). The van der Waals surface area contributed by atoms with Gasteiger partial charge in [-0.2, -0.15) is 0 Å². The Kier molecular flexibility index (Phi) is 5.64. The summed E-state index contributed by atoms with van der Waals surface area (Å²) in [4.78, 5) is 4.78. The number of piperazine rings is 1. The molecule has 106 valence electrons. The first kappa shape index (κ1) is 14.8. The van der Waals surface area contributed by atoms with Crippen LogP contribution in [0.5, 0.6) is 0 Å². The minimum Gasteiger partial charge on any atom is -0.369 e. The van der Waals surface area contributed by atoms with Gasteiger partial charge in [-0.1, -0.05) is 19.8 Å². The monoisotopic (exact) mass is 328 g/mol. The number of anilines is 1. The van der Waals surface area contributed by atoms with E-state index in [1.54, 1.807) is 12.1 Å². The molecule has 0 N–H and O–H groups in total. The third-order valence-corrected chi connectivity index (χ3v) is 4.36. The van der Waals surface area contributed by atoms with E-state index in [1.165, 1.54) is 25.8 Å². The Hall–Kier alpha value is -0.610. The Morgan fingerprint density at radius 1 is 1.16 bits per heavy atom. The lowest BCUT2D eigenvalue weighted by atomic mass is 10.2.